The molecule has 4 nitrogen and oxygen atoms in total. The first-order valence-corrected chi connectivity index (χ1v) is 9.01. The first kappa shape index (κ1) is 19.1. The molecule has 0 radical (unpaired) electrons. The van der Waals surface area contributed by atoms with E-state index in [9.17, 15) is 0 Å². The largest absolute Gasteiger partial charge is 0.399 e. The summed E-state index contributed by atoms with van der Waals surface area (Å²) in [4.78, 5) is 2.09. The summed E-state index contributed by atoms with van der Waals surface area (Å²) in [5.74, 6) is 0. The Kier molecular flexibility index (Phi) is 7.53. The van der Waals surface area contributed by atoms with Gasteiger partial charge in [-0.2, -0.15) is 0 Å². The van der Waals surface area contributed by atoms with E-state index in [0.29, 0.717) is 0 Å². The van der Waals surface area contributed by atoms with E-state index in [1.165, 1.54) is 4.90 Å². The highest BCUT2D eigenvalue weighted by Crippen LogP contribution is 2.35. The average molecular weight is 371 g/mol. The lowest BCUT2D eigenvalue weighted by Crippen LogP contribution is -2.20. The van der Waals surface area contributed by atoms with Crippen molar-refractivity contribution in [3.05, 3.63) is 78.9 Å². The molecule has 7 N–H and O–H groups in total. The second kappa shape index (κ2) is 9.88. The molecule has 1 heterocycles. The van der Waals surface area contributed by atoms with E-state index >= 15 is 0 Å². The number of nitrogens with one attached hydrogen (secondary N) is 1. The highest BCUT2D eigenvalue weighted by molar-refractivity contribution is 8.00. The summed E-state index contributed by atoms with van der Waals surface area (Å²) in [6, 6.07) is 25.1. The number of nitrogen functional groups attached to an aromatic ring is 2. The Morgan fingerprint density at radius 3 is 1.92 bits per heavy atom. The van der Waals surface area contributed by atoms with Gasteiger partial charge in [-0.05, 0) is 36.4 Å². The number of thiol groups is 1. The van der Waals surface area contributed by atoms with Crippen molar-refractivity contribution < 1.29 is 0 Å². The third-order valence-electron chi connectivity index (χ3n) is 3.18. The van der Waals surface area contributed by atoms with Crippen molar-refractivity contribution in [2.24, 2.45) is 5.73 Å². The molecule has 1 aliphatic heterocycles. The minimum absolute atomic E-state index is 0.0393. The predicted octanol–water partition coefficient (Wildman–Crippen LogP) is 4.27. The van der Waals surface area contributed by atoms with Crippen LogP contribution < -0.4 is 22.5 Å². The van der Waals surface area contributed by atoms with E-state index in [1.54, 1.807) is 11.8 Å². The summed E-state index contributed by atoms with van der Waals surface area (Å²) in [5, 5.41) is 3.14. The normalized spacial score (nSPS) is 14.1. The second-order valence-corrected chi connectivity index (χ2v) is 6.81. The Morgan fingerprint density at radius 2 is 1.40 bits per heavy atom. The Morgan fingerprint density at radius 1 is 0.800 bits per heavy atom. The summed E-state index contributed by atoms with van der Waals surface area (Å²) in [6.07, 6.45) is 0. The van der Waals surface area contributed by atoms with Crippen LogP contribution in [0.2, 0.25) is 0 Å². The number of fused-ring (bicyclic) bond motifs is 1. The maximum atomic E-state index is 5.64. The Labute approximate surface area is 158 Å². The highest BCUT2D eigenvalue weighted by Gasteiger charge is 2.15. The molecule has 6 heteroatoms. The molecule has 0 aromatic heterocycles. The molecule has 3 aromatic rings. The molecule has 0 amide bonds. The topological polar surface area (TPSA) is 90.1 Å². The monoisotopic (exact) mass is 370 g/mol. The third kappa shape index (κ3) is 6.62. The Hall–Kier alpha value is -2.28. The van der Waals surface area contributed by atoms with Crippen molar-refractivity contribution in [3.8, 4) is 0 Å². The number of nitrogens with two attached hydrogens (primary N) is 3. The van der Waals surface area contributed by atoms with Crippen LogP contribution in [-0.4, -0.2) is 5.50 Å². The van der Waals surface area contributed by atoms with Crippen LogP contribution in [0.1, 0.15) is 0 Å². The molecule has 1 unspecified atom stereocenters. The predicted molar refractivity (Wildman–Crippen MR) is 113 cm³/mol. The molecule has 1 aliphatic rings. The fourth-order valence-electron chi connectivity index (χ4n) is 1.95. The zero-order valence-electron chi connectivity index (χ0n) is 13.7. The molecule has 0 fully saturated rings. The van der Waals surface area contributed by atoms with E-state index in [4.69, 9.17) is 17.2 Å². The lowest BCUT2D eigenvalue weighted by Gasteiger charge is -1.99. The zero-order chi connectivity index (χ0) is 18.1. The van der Waals surface area contributed by atoms with E-state index in [2.05, 4.69) is 24.0 Å². The maximum Gasteiger partial charge on any atom is 0.127 e. The maximum absolute atomic E-state index is 5.64. The number of rotatable bonds is 0. The van der Waals surface area contributed by atoms with Gasteiger partial charge in [0, 0.05) is 26.9 Å². The summed E-state index contributed by atoms with van der Waals surface area (Å²) in [6.45, 7) is 0. The molecule has 25 heavy (non-hydrogen) atoms. The van der Waals surface area contributed by atoms with E-state index < -0.39 is 0 Å². The second-order valence-electron chi connectivity index (χ2n) is 5.15. The number of thioether (sulfide) groups is 1. The van der Waals surface area contributed by atoms with Gasteiger partial charge < -0.3 is 22.5 Å². The van der Waals surface area contributed by atoms with Crippen LogP contribution in [0, 0.1) is 0 Å². The molecule has 4 rings (SSSR count). The van der Waals surface area contributed by atoms with Crippen molar-refractivity contribution in [1.82, 2.24) is 0 Å². The molecule has 0 saturated carbocycles. The summed E-state index contributed by atoms with van der Waals surface area (Å²) in [5.41, 5.74) is 19.2. The van der Waals surface area contributed by atoms with Crippen molar-refractivity contribution in [2.45, 2.75) is 15.3 Å². The van der Waals surface area contributed by atoms with Gasteiger partial charge >= 0.3 is 0 Å². The number of benzene rings is 3. The standard InChI is InChI=1S/C7H8N2S.C6H7NS.C6H7N/c8-7-9-5-3-1-2-4-6(5)10-7;7-5-3-1-2-4-6(5)8;7-6-4-2-1-3-5-6/h1-4,7,9H,8H2;1-4,8H,7H2;1-5H,7H2. The minimum atomic E-state index is 0.0393. The average Bonchev–Trinajstić information content (AvgIpc) is 2.99. The Bertz CT molecular complexity index is 735. The summed E-state index contributed by atoms with van der Waals surface area (Å²) < 4.78 is 0. The number of hydrogen-bond donors (Lipinski definition) is 5. The molecule has 0 bridgehead atoms. The van der Waals surface area contributed by atoms with Gasteiger partial charge in [-0.1, -0.05) is 54.2 Å². The molecular formula is C19H22N4S2. The van der Waals surface area contributed by atoms with Gasteiger partial charge in [0.05, 0.1) is 0 Å². The number of para-hydroxylation sites is 3. The van der Waals surface area contributed by atoms with Crippen molar-refractivity contribution in [1.29, 1.82) is 0 Å². The van der Waals surface area contributed by atoms with Crippen LogP contribution >= 0.6 is 24.4 Å². The molecule has 3 aromatic carbocycles. The van der Waals surface area contributed by atoms with Crippen LogP contribution in [0.15, 0.2) is 88.7 Å². The number of anilines is 3. The van der Waals surface area contributed by atoms with E-state index in [0.717, 1.165) is 22.0 Å². The molecule has 130 valence electrons. The van der Waals surface area contributed by atoms with Crippen molar-refractivity contribution in [2.75, 3.05) is 16.8 Å². The SMILES string of the molecule is NC1Nc2ccccc2S1.Nc1ccccc1.Nc1ccccc1S. The van der Waals surface area contributed by atoms with E-state index in [-0.39, 0.29) is 5.50 Å². The minimum Gasteiger partial charge on any atom is -0.399 e. The van der Waals surface area contributed by atoms with Gasteiger partial charge in [0.2, 0.25) is 0 Å². The van der Waals surface area contributed by atoms with Gasteiger partial charge in [0.25, 0.3) is 0 Å². The highest BCUT2D eigenvalue weighted by atomic mass is 32.2. The molecule has 1 atom stereocenters. The van der Waals surface area contributed by atoms with E-state index in [1.807, 2.05) is 72.8 Å². The van der Waals surface area contributed by atoms with Gasteiger partial charge in [-0.3, -0.25) is 0 Å². The van der Waals surface area contributed by atoms with Crippen molar-refractivity contribution >= 4 is 41.5 Å². The van der Waals surface area contributed by atoms with Crippen LogP contribution in [-0.2, 0) is 0 Å². The Balaban J connectivity index is 0.000000138. The number of hydrogen-bond acceptors (Lipinski definition) is 6. The summed E-state index contributed by atoms with van der Waals surface area (Å²) >= 11 is 5.73. The first-order valence-electron chi connectivity index (χ1n) is 7.68. The third-order valence-corrected chi connectivity index (χ3v) is 4.56. The summed E-state index contributed by atoms with van der Waals surface area (Å²) in [7, 11) is 0. The molecule has 0 saturated heterocycles. The van der Waals surface area contributed by atoms with Crippen LogP contribution in [0.25, 0.3) is 0 Å². The van der Waals surface area contributed by atoms with Crippen LogP contribution in [0.3, 0.4) is 0 Å². The fraction of sp³-hybridized carbons (Fsp3) is 0.0526. The van der Waals surface area contributed by atoms with Gasteiger partial charge in [-0.15, -0.1) is 12.6 Å². The quantitative estimate of drug-likeness (QED) is 0.301. The first-order chi connectivity index (χ1) is 12.1. The smallest absolute Gasteiger partial charge is 0.127 e. The zero-order valence-corrected chi connectivity index (χ0v) is 15.4. The lowest BCUT2D eigenvalue weighted by molar-refractivity contribution is 1.08. The molecule has 0 aliphatic carbocycles. The van der Waals surface area contributed by atoms with Gasteiger partial charge in [-0.25, -0.2) is 0 Å². The fourth-order valence-corrected chi connectivity index (χ4v) is 2.98. The van der Waals surface area contributed by atoms with Gasteiger partial charge in [0.1, 0.15) is 5.50 Å². The van der Waals surface area contributed by atoms with Crippen LogP contribution in [0.4, 0.5) is 17.1 Å². The van der Waals surface area contributed by atoms with Gasteiger partial charge in [0.15, 0.2) is 0 Å². The van der Waals surface area contributed by atoms with Crippen LogP contribution in [0.5, 0.6) is 0 Å². The lowest BCUT2D eigenvalue weighted by atomic mass is 10.3. The van der Waals surface area contributed by atoms with Crippen molar-refractivity contribution in [3.63, 3.8) is 0 Å². The molecular weight excluding hydrogens is 348 g/mol. The molecule has 0 spiro atoms.